The molecule has 0 bridgehead atoms. The Bertz CT molecular complexity index is 1680. The SMILES string of the molecule is CC(C)(C)OC(=O)N1CCC[C@H](Nc2nccc(-c3nccnc3Oc3ccc(Cc4nc5ccccc5[nH]4)cc3)n2)C1. The number of piperidine rings is 1. The molecule has 11 nitrogen and oxygen atoms in total. The molecule has 11 heteroatoms. The topological polar surface area (TPSA) is 131 Å². The number of nitrogens with zero attached hydrogens (tertiary/aromatic N) is 6. The van der Waals surface area contributed by atoms with E-state index < -0.39 is 5.60 Å². The number of imidazole rings is 1. The molecule has 1 amide bonds. The van der Waals surface area contributed by atoms with Crippen molar-refractivity contribution in [1.29, 1.82) is 0 Å². The smallest absolute Gasteiger partial charge is 0.410 e. The van der Waals surface area contributed by atoms with Crippen molar-refractivity contribution in [1.82, 2.24) is 34.8 Å². The number of fused-ring (bicyclic) bond motifs is 1. The number of carbonyl (C=O) groups is 1. The number of hydrogen-bond acceptors (Lipinski definition) is 9. The molecule has 0 saturated carbocycles. The van der Waals surface area contributed by atoms with E-state index >= 15 is 0 Å². The summed E-state index contributed by atoms with van der Waals surface area (Å²) in [7, 11) is 0. The number of aromatic nitrogens is 6. The third-order valence-corrected chi connectivity index (χ3v) is 6.92. The van der Waals surface area contributed by atoms with Crippen LogP contribution >= 0.6 is 0 Å². The lowest BCUT2D eigenvalue weighted by Crippen LogP contribution is -2.47. The van der Waals surface area contributed by atoms with Crippen LogP contribution in [0.5, 0.6) is 11.6 Å². The van der Waals surface area contributed by atoms with Gasteiger partial charge in [-0.1, -0.05) is 24.3 Å². The number of carbonyl (C=O) groups excluding carboxylic acids is 1. The Hall–Kier alpha value is -5.06. The van der Waals surface area contributed by atoms with Crippen molar-refractivity contribution in [2.75, 3.05) is 18.4 Å². The Labute approximate surface area is 249 Å². The third kappa shape index (κ3) is 7.06. The molecule has 6 rings (SSSR count). The number of ether oxygens (including phenoxy) is 2. The lowest BCUT2D eigenvalue weighted by atomic mass is 10.1. The van der Waals surface area contributed by atoms with Crippen LogP contribution < -0.4 is 10.1 Å². The Morgan fingerprint density at radius 1 is 1.00 bits per heavy atom. The predicted octanol–water partition coefficient (Wildman–Crippen LogP) is 6.00. The van der Waals surface area contributed by atoms with Crippen LogP contribution in [0.3, 0.4) is 0 Å². The summed E-state index contributed by atoms with van der Waals surface area (Å²) in [6, 6.07) is 17.6. The molecule has 2 aromatic carbocycles. The summed E-state index contributed by atoms with van der Waals surface area (Å²) in [6.07, 6.45) is 6.98. The van der Waals surface area contributed by atoms with Gasteiger partial charge < -0.3 is 24.7 Å². The number of aromatic amines is 1. The normalized spacial score (nSPS) is 15.3. The second-order valence-corrected chi connectivity index (χ2v) is 11.5. The fraction of sp³-hybridized carbons (Fsp3) is 0.312. The van der Waals surface area contributed by atoms with Crippen molar-refractivity contribution < 1.29 is 14.3 Å². The molecule has 0 radical (unpaired) electrons. The van der Waals surface area contributed by atoms with Gasteiger partial charge in [-0.15, -0.1) is 0 Å². The number of amides is 1. The number of H-pyrrole nitrogens is 1. The first kappa shape index (κ1) is 28.1. The highest BCUT2D eigenvalue weighted by atomic mass is 16.6. The molecule has 2 N–H and O–H groups in total. The average Bonchev–Trinajstić information content (AvgIpc) is 3.40. The molecule has 4 heterocycles. The number of anilines is 1. The summed E-state index contributed by atoms with van der Waals surface area (Å²) in [5, 5.41) is 3.37. The zero-order valence-corrected chi connectivity index (χ0v) is 24.4. The standard InChI is InChI=1S/C32H34N8O3/c1-32(2,3)43-31(41)40-18-6-7-22(20-40)36-30-35-15-14-26(39-30)28-29(34-17-16-33-28)42-23-12-10-21(11-13-23)19-27-37-24-8-4-5-9-25(24)38-27/h4-5,8-17,22H,6-7,18-20H2,1-3H3,(H,37,38)(H,35,36,39)/t22-/m0/s1. The molecule has 5 aromatic rings. The van der Waals surface area contributed by atoms with Gasteiger partial charge in [0.15, 0.2) is 5.69 Å². The van der Waals surface area contributed by atoms with Crippen LogP contribution in [0.15, 0.2) is 73.2 Å². The van der Waals surface area contributed by atoms with E-state index in [0.29, 0.717) is 48.5 Å². The number of benzene rings is 2. The molecule has 1 saturated heterocycles. The minimum atomic E-state index is -0.539. The second-order valence-electron chi connectivity index (χ2n) is 11.5. The summed E-state index contributed by atoms with van der Waals surface area (Å²) in [5.41, 5.74) is 3.61. The summed E-state index contributed by atoms with van der Waals surface area (Å²) in [6.45, 7) is 6.78. The minimum Gasteiger partial charge on any atom is -0.444 e. The second kappa shape index (κ2) is 12.0. The highest BCUT2D eigenvalue weighted by molar-refractivity contribution is 5.74. The molecule has 1 fully saturated rings. The molecule has 0 aliphatic carbocycles. The molecular weight excluding hydrogens is 544 g/mol. The lowest BCUT2D eigenvalue weighted by molar-refractivity contribution is 0.0206. The van der Waals surface area contributed by atoms with Crippen molar-refractivity contribution >= 4 is 23.1 Å². The van der Waals surface area contributed by atoms with Crippen molar-refractivity contribution in [2.24, 2.45) is 0 Å². The highest BCUT2D eigenvalue weighted by Gasteiger charge is 2.28. The molecule has 1 aliphatic heterocycles. The number of rotatable bonds is 7. The van der Waals surface area contributed by atoms with Gasteiger partial charge in [0.2, 0.25) is 11.8 Å². The van der Waals surface area contributed by atoms with Gasteiger partial charge in [-0.2, -0.15) is 0 Å². The van der Waals surface area contributed by atoms with Gasteiger partial charge >= 0.3 is 6.09 Å². The van der Waals surface area contributed by atoms with E-state index in [1.54, 1.807) is 29.6 Å². The van der Waals surface area contributed by atoms with Crippen LogP contribution in [0.2, 0.25) is 0 Å². The average molecular weight is 579 g/mol. The van der Waals surface area contributed by atoms with E-state index in [4.69, 9.17) is 14.5 Å². The quantitative estimate of drug-likeness (QED) is 0.238. The molecule has 1 aliphatic rings. The van der Waals surface area contributed by atoms with Gasteiger partial charge in [0.25, 0.3) is 0 Å². The monoisotopic (exact) mass is 578 g/mol. The molecular formula is C32H34N8O3. The van der Waals surface area contributed by atoms with Gasteiger partial charge in [-0.25, -0.2) is 29.7 Å². The highest BCUT2D eigenvalue weighted by Crippen LogP contribution is 2.29. The molecule has 43 heavy (non-hydrogen) atoms. The Balaban J connectivity index is 1.12. The van der Waals surface area contributed by atoms with Gasteiger partial charge in [0.1, 0.15) is 17.2 Å². The van der Waals surface area contributed by atoms with Crippen LogP contribution in [0.4, 0.5) is 10.7 Å². The Morgan fingerprint density at radius 2 is 1.81 bits per heavy atom. The maximum absolute atomic E-state index is 12.6. The van der Waals surface area contributed by atoms with Gasteiger partial charge in [-0.3, -0.25) is 0 Å². The molecule has 0 unspecified atom stereocenters. The maximum Gasteiger partial charge on any atom is 0.410 e. The van der Waals surface area contributed by atoms with E-state index in [1.165, 1.54) is 0 Å². The first-order valence-electron chi connectivity index (χ1n) is 14.4. The van der Waals surface area contributed by atoms with Gasteiger partial charge in [-0.05, 0) is 69.5 Å². The van der Waals surface area contributed by atoms with E-state index in [0.717, 1.165) is 35.3 Å². The zero-order valence-electron chi connectivity index (χ0n) is 24.4. The van der Waals surface area contributed by atoms with Crippen LogP contribution in [0.25, 0.3) is 22.4 Å². The summed E-state index contributed by atoms with van der Waals surface area (Å²) < 4.78 is 11.7. The molecule has 220 valence electrons. The summed E-state index contributed by atoms with van der Waals surface area (Å²) >= 11 is 0. The van der Waals surface area contributed by atoms with Gasteiger partial charge in [0.05, 0.1) is 16.7 Å². The number of hydrogen-bond donors (Lipinski definition) is 2. The van der Waals surface area contributed by atoms with Crippen LogP contribution in [-0.4, -0.2) is 65.6 Å². The van der Waals surface area contributed by atoms with Crippen LogP contribution in [-0.2, 0) is 11.2 Å². The van der Waals surface area contributed by atoms with Crippen molar-refractivity contribution in [3.05, 3.63) is 84.6 Å². The molecule has 1 atom stereocenters. The maximum atomic E-state index is 12.6. The van der Waals surface area contributed by atoms with E-state index in [1.807, 2.05) is 69.3 Å². The lowest BCUT2D eigenvalue weighted by Gasteiger charge is -2.34. The number of para-hydroxylation sites is 2. The predicted molar refractivity (Wildman–Crippen MR) is 163 cm³/mol. The van der Waals surface area contributed by atoms with Gasteiger partial charge in [0, 0.05) is 44.1 Å². The largest absolute Gasteiger partial charge is 0.444 e. The minimum absolute atomic E-state index is 0.00725. The van der Waals surface area contributed by atoms with Crippen molar-refractivity contribution in [3.63, 3.8) is 0 Å². The van der Waals surface area contributed by atoms with Crippen LogP contribution in [0, 0.1) is 0 Å². The fourth-order valence-electron chi connectivity index (χ4n) is 4.98. The fourth-order valence-corrected chi connectivity index (χ4v) is 4.98. The zero-order chi connectivity index (χ0) is 29.8. The van der Waals surface area contributed by atoms with Crippen LogP contribution in [0.1, 0.15) is 45.0 Å². The van der Waals surface area contributed by atoms with Crippen molar-refractivity contribution in [2.45, 2.75) is 51.7 Å². The van der Waals surface area contributed by atoms with E-state index in [9.17, 15) is 4.79 Å². The Morgan fingerprint density at radius 3 is 2.63 bits per heavy atom. The molecule has 3 aromatic heterocycles. The first-order valence-corrected chi connectivity index (χ1v) is 14.4. The van der Waals surface area contributed by atoms with E-state index in [-0.39, 0.29) is 12.1 Å². The van der Waals surface area contributed by atoms with E-state index in [2.05, 4.69) is 30.2 Å². The Kier molecular flexibility index (Phi) is 7.86. The third-order valence-electron chi connectivity index (χ3n) is 6.92. The number of nitrogens with one attached hydrogen (secondary N) is 2. The van der Waals surface area contributed by atoms with Crippen molar-refractivity contribution in [3.8, 4) is 23.0 Å². The number of likely N-dealkylation sites (tertiary alicyclic amines) is 1. The summed E-state index contributed by atoms with van der Waals surface area (Å²) in [5.74, 6) is 2.32. The molecule has 0 spiro atoms. The summed E-state index contributed by atoms with van der Waals surface area (Å²) in [4.78, 5) is 40.4. The first-order chi connectivity index (χ1) is 20.8.